The van der Waals surface area contributed by atoms with Crippen LogP contribution in [0, 0.1) is 0 Å². The molecule has 3 nitrogen and oxygen atoms in total. The lowest BCUT2D eigenvalue weighted by atomic mass is 10.1. The summed E-state index contributed by atoms with van der Waals surface area (Å²) in [6.45, 7) is 4.31. The maximum atomic E-state index is 10.3. The van der Waals surface area contributed by atoms with E-state index in [2.05, 4.69) is 12.2 Å². The molecule has 0 aromatic carbocycles. The van der Waals surface area contributed by atoms with E-state index < -0.39 is 5.97 Å². The number of rotatable bonds is 15. The van der Waals surface area contributed by atoms with Gasteiger partial charge in [0, 0.05) is 6.42 Å². The van der Waals surface area contributed by atoms with Gasteiger partial charge in [0.1, 0.15) is 0 Å². The van der Waals surface area contributed by atoms with Gasteiger partial charge in [-0.15, -0.1) is 0 Å². The van der Waals surface area contributed by atoms with Gasteiger partial charge in [0.15, 0.2) is 0 Å². The van der Waals surface area contributed by atoms with Crippen LogP contribution >= 0.6 is 0 Å². The van der Waals surface area contributed by atoms with Gasteiger partial charge in [0.05, 0.1) is 0 Å². The van der Waals surface area contributed by atoms with Crippen LogP contribution in [0.3, 0.4) is 0 Å². The molecule has 0 rings (SSSR count). The summed E-state index contributed by atoms with van der Waals surface area (Å²) in [4.78, 5) is 10.3. The number of carbonyl (C=O) groups is 1. The Kier molecular flexibility index (Phi) is 15.0. The molecule has 0 saturated carbocycles. The molecule has 114 valence electrons. The molecule has 0 aliphatic rings. The number of unbranched alkanes of at least 4 members (excludes halogenated alkanes) is 9. The first kappa shape index (κ1) is 18.4. The third kappa shape index (κ3) is 17.4. The lowest BCUT2D eigenvalue weighted by Crippen LogP contribution is -2.16. The predicted octanol–water partition coefficient (Wildman–Crippen LogP) is 4.36. The number of carboxylic acids is 1. The standard InChI is InChI=1S/C16H33NO2/c1-2-3-4-5-6-7-8-9-11-14-17-15-12-10-13-16(18)19/h17H,2-15H2,1H3,(H,18,19). The molecule has 2 N–H and O–H groups in total. The highest BCUT2D eigenvalue weighted by Gasteiger charge is 1.96. The Balaban J connectivity index is 2.93. The summed E-state index contributed by atoms with van der Waals surface area (Å²) < 4.78 is 0. The summed E-state index contributed by atoms with van der Waals surface area (Å²) in [5.74, 6) is -0.682. The highest BCUT2D eigenvalue weighted by molar-refractivity contribution is 5.66. The Hall–Kier alpha value is -0.570. The molecule has 0 atom stereocenters. The van der Waals surface area contributed by atoms with E-state index in [0.717, 1.165) is 25.9 Å². The van der Waals surface area contributed by atoms with Crippen molar-refractivity contribution < 1.29 is 9.90 Å². The zero-order valence-electron chi connectivity index (χ0n) is 12.8. The minimum Gasteiger partial charge on any atom is -0.481 e. The smallest absolute Gasteiger partial charge is 0.303 e. The van der Waals surface area contributed by atoms with E-state index in [9.17, 15) is 4.79 Å². The zero-order chi connectivity index (χ0) is 14.2. The molecular weight excluding hydrogens is 238 g/mol. The molecule has 0 aromatic rings. The van der Waals surface area contributed by atoms with Gasteiger partial charge in [-0.05, 0) is 32.4 Å². The summed E-state index contributed by atoms with van der Waals surface area (Å²) >= 11 is 0. The van der Waals surface area contributed by atoms with Crippen molar-refractivity contribution in [2.24, 2.45) is 0 Å². The minimum absolute atomic E-state index is 0.305. The van der Waals surface area contributed by atoms with Crippen LogP contribution in [0.15, 0.2) is 0 Å². The average Bonchev–Trinajstić information content (AvgIpc) is 2.39. The molecule has 0 aromatic heterocycles. The quantitative estimate of drug-likeness (QED) is 0.435. The van der Waals surface area contributed by atoms with Crippen LogP contribution in [-0.2, 0) is 4.79 Å². The summed E-state index contributed by atoms with van der Waals surface area (Å²) in [6, 6.07) is 0. The van der Waals surface area contributed by atoms with Crippen LogP contribution in [-0.4, -0.2) is 24.2 Å². The summed E-state index contributed by atoms with van der Waals surface area (Å²) in [6.07, 6.45) is 14.4. The molecule has 0 aliphatic heterocycles. The molecule has 19 heavy (non-hydrogen) atoms. The van der Waals surface area contributed by atoms with Crippen molar-refractivity contribution in [3.05, 3.63) is 0 Å². The summed E-state index contributed by atoms with van der Waals surface area (Å²) in [5.41, 5.74) is 0. The lowest BCUT2D eigenvalue weighted by molar-refractivity contribution is -0.137. The topological polar surface area (TPSA) is 49.3 Å². The van der Waals surface area contributed by atoms with Gasteiger partial charge in [-0.1, -0.05) is 58.3 Å². The van der Waals surface area contributed by atoms with Gasteiger partial charge in [-0.25, -0.2) is 0 Å². The second-order valence-corrected chi connectivity index (χ2v) is 5.43. The van der Waals surface area contributed by atoms with Gasteiger partial charge in [0.25, 0.3) is 0 Å². The van der Waals surface area contributed by atoms with E-state index in [0.29, 0.717) is 6.42 Å². The zero-order valence-corrected chi connectivity index (χ0v) is 12.8. The maximum absolute atomic E-state index is 10.3. The number of nitrogens with one attached hydrogen (secondary N) is 1. The molecule has 0 amide bonds. The van der Waals surface area contributed by atoms with Crippen molar-refractivity contribution in [1.29, 1.82) is 0 Å². The summed E-state index contributed by atoms with van der Waals surface area (Å²) in [5, 5.41) is 11.9. The number of aliphatic carboxylic acids is 1. The Morgan fingerprint density at radius 1 is 0.789 bits per heavy atom. The Morgan fingerprint density at radius 2 is 1.26 bits per heavy atom. The fourth-order valence-corrected chi connectivity index (χ4v) is 2.21. The number of hydrogen-bond acceptors (Lipinski definition) is 2. The average molecular weight is 271 g/mol. The van der Waals surface area contributed by atoms with Crippen molar-refractivity contribution in [1.82, 2.24) is 5.32 Å². The Bertz CT molecular complexity index is 195. The highest BCUT2D eigenvalue weighted by atomic mass is 16.4. The van der Waals surface area contributed by atoms with Crippen LogP contribution in [0.4, 0.5) is 0 Å². The molecule has 0 fully saturated rings. The second-order valence-electron chi connectivity index (χ2n) is 5.43. The molecule has 0 bridgehead atoms. The largest absolute Gasteiger partial charge is 0.481 e. The first-order valence-corrected chi connectivity index (χ1v) is 8.20. The van der Waals surface area contributed by atoms with E-state index >= 15 is 0 Å². The van der Waals surface area contributed by atoms with Crippen molar-refractivity contribution in [3.8, 4) is 0 Å². The molecule has 0 aliphatic carbocycles. The van der Waals surface area contributed by atoms with Crippen LogP contribution in [0.5, 0.6) is 0 Å². The number of carboxylic acid groups (broad SMARTS) is 1. The maximum Gasteiger partial charge on any atom is 0.303 e. The monoisotopic (exact) mass is 271 g/mol. The lowest BCUT2D eigenvalue weighted by Gasteiger charge is -2.04. The first-order valence-electron chi connectivity index (χ1n) is 8.20. The van der Waals surface area contributed by atoms with Crippen molar-refractivity contribution in [2.75, 3.05) is 13.1 Å². The molecule has 0 saturated heterocycles. The van der Waals surface area contributed by atoms with Crippen molar-refractivity contribution in [2.45, 2.75) is 84.0 Å². The van der Waals surface area contributed by atoms with E-state index in [1.807, 2.05) is 0 Å². The van der Waals surface area contributed by atoms with Crippen LogP contribution < -0.4 is 5.32 Å². The van der Waals surface area contributed by atoms with E-state index in [1.54, 1.807) is 0 Å². The van der Waals surface area contributed by atoms with Gasteiger partial charge >= 0.3 is 5.97 Å². The third-order valence-electron chi connectivity index (χ3n) is 3.45. The molecular formula is C16H33NO2. The normalized spacial score (nSPS) is 10.8. The predicted molar refractivity (Wildman–Crippen MR) is 81.6 cm³/mol. The van der Waals surface area contributed by atoms with Gasteiger partial charge in [0.2, 0.25) is 0 Å². The van der Waals surface area contributed by atoms with Crippen molar-refractivity contribution in [3.63, 3.8) is 0 Å². The van der Waals surface area contributed by atoms with Gasteiger partial charge in [-0.2, -0.15) is 0 Å². The van der Waals surface area contributed by atoms with Gasteiger partial charge in [-0.3, -0.25) is 4.79 Å². The van der Waals surface area contributed by atoms with E-state index in [4.69, 9.17) is 5.11 Å². The first-order chi connectivity index (χ1) is 9.27. The molecule has 3 heteroatoms. The fraction of sp³-hybridized carbons (Fsp3) is 0.938. The Morgan fingerprint density at radius 3 is 1.79 bits per heavy atom. The van der Waals surface area contributed by atoms with Crippen LogP contribution in [0.1, 0.15) is 84.0 Å². The molecule has 0 heterocycles. The molecule has 0 unspecified atom stereocenters. The highest BCUT2D eigenvalue weighted by Crippen LogP contribution is 2.09. The van der Waals surface area contributed by atoms with Crippen molar-refractivity contribution >= 4 is 5.97 Å². The van der Waals surface area contributed by atoms with Crippen LogP contribution in [0.2, 0.25) is 0 Å². The third-order valence-corrected chi connectivity index (χ3v) is 3.45. The SMILES string of the molecule is CCCCCCCCCCCNCCCCC(=O)O. The van der Waals surface area contributed by atoms with E-state index in [1.165, 1.54) is 57.8 Å². The molecule has 0 radical (unpaired) electrons. The fourth-order valence-electron chi connectivity index (χ4n) is 2.21. The number of hydrogen-bond donors (Lipinski definition) is 2. The van der Waals surface area contributed by atoms with Crippen LogP contribution in [0.25, 0.3) is 0 Å². The van der Waals surface area contributed by atoms with Gasteiger partial charge < -0.3 is 10.4 Å². The second kappa shape index (κ2) is 15.5. The van der Waals surface area contributed by atoms with E-state index in [-0.39, 0.29) is 0 Å². The summed E-state index contributed by atoms with van der Waals surface area (Å²) in [7, 11) is 0. The molecule has 0 spiro atoms. The minimum atomic E-state index is -0.682. The Labute approximate surface area is 119 Å².